The molecule has 1 N–H and O–H groups in total. The van der Waals surface area contributed by atoms with Crippen molar-refractivity contribution >= 4 is 24.8 Å². The van der Waals surface area contributed by atoms with Gasteiger partial charge in [0.05, 0.1) is 0 Å². The number of phenolic OH excluding ortho intramolecular Hbond substituents is 1. The van der Waals surface area contributed by atoms with E-state index in [0.717, 1.165) is 0 Å². The Hall–Kier alpha value is 0.483. The van der Waals surface area contributed by atoms with Crippen LogP contribution in [0.5, 0.6) is 5.75 Å². The summed E-state index contributed by atoms with van der Waals surface area (Å²) in [4.78, 5) is 0. The van der Waals surface area contributed by atoms with E-state index in [2.05, 4.69) is 0 Å². The van der Waals surface area contributed by atoms with E-state index in [1.165, 1.54) is 0 Å². The summed E-state index contributed by atoms with van der Waals surface area (Å²) in [5.41, 5.74) is 0. The zero-order chi connectivity index (χ0) is 5.11. The van der Waals surface area contributed by atoms with E-state index in [0.29, 0.717) is 5.75 Å². The van der Waals surface area contributed by atoms with Gasteiger partial charge >= 0.3 is 0 Å². The van der Waals surface area contributed by atoms with E-state index in [4.69, 9.17) is 5.11 Å². The third-order valence-electron chi connectivity index (χ3n) is 0.756. The van der Waals surface area contributed by atoms with Gasteiger partial charge in [0.15, 0.2) is 0 Å². The number of aromatic hydroxyl groups is 1. The summed E-state index contributed by atoms with van der Waals surface area (Å²) in [7, 11) is 0. The summed E-state index contributed by atoms with van der Waals surface area (Å²) in [6.45, 7) is 0. The molecule has 0 fully saturated rings. The van der Waals surface area contributed by atoms with Crippen molar-refractivity contribution in [3.63, 3.8) is 0 Å². The zero-order valence-corrected chi connectivity index (χ0v) is 9.24. The SMILES string of the molecule is Cl.Cl.Oc1ccccc1.[Zr]. The minimum Gasteiger partial charge on any atom is -0.508 e. The second kappa shape index (κ2) is 9.48. The first-order chi connectivity index (χ1) is 3.39. The quantitative estimate of drug-likeness (QED) is 0.756. The van der Waals surface area contributed by atoms with E-state index in [-0.39, 0.29) is 51.0 Å². The largest absolute Gasteiger partial charge is 0.508 e. The molecule has 0 aliphatic carbocycles. The standard InChI is InChI=1S/C6H6O.2ClH.Zr/c7-6-4-2-1-3-5-6;;;/h1-5,7H;2*1H;. The second-order valence-electron chi connectivity index (χ2n) is 1.34. The molecule has 1 nitrogen and oxygen atoms in total. The molecular weight excluding hydrogens is 250 g/mol. The van der Waals surface area contributed by atoms with Crippen molar-refractivity contribution < 1.29 is 31.3 Å². The molecule has 0 atom stereocenters. The average Bonchev–Trinajstić information content (AvgIpc) is 1.69. The molecule has 0 bridgehead atoms. The summed E-state index contributed by atoms with van der Waals surface area (Å²) in [6, 6.07) is 8.71. The molecule has 0 saturated carbocycles. The normalized spacial score (nSPS) is 6.00. The van der Waals surface area contributed by atoms with Gasteiger partial charge < -0.3 is 5.11 Å². The van der Waals surface area contributed by atoms with Crippen LogP contribution in [0.25, 0.3) is 0 Å². The molecule has 0 aromatic heterocycles. The molecular formula is C6H8Cl2OZr. The van der Waals surface area contributed by atoms with Crippen LogP contribution in [0.15, 0.2) is 30.3 Å². The number of hydrogen-bond acceptors (Lipinski definition) is 1. The van der Waals surface area contributed by atoms with Crippen LogP contribution in [-0.4, -0.2) is 5.11 Å². The Bertz CT molecular complexity index is 146. The van der Waals surface area contributed by atoms with Gasteiger partial charge in [0.1, 0.15) is 5.75 Å². The Labute approximate surface area is 91.8 Å². The summed E-state index contributed by atoms with van der Waals surface area (Å²) in [5.74, 6) is 0.322. The van der Waals surface area contributed by atoms with Gasteiger partial charge in [-0.2, -0.15) is 0 Å². The van der Waals surface area contributed by atoms with Gasteiger partial charge in [-0.05, 0) is 12.1 Å². The van der Waals surface area contributed by atoms with Crippen LogP contribution in [-0.2, 0) is 26.2 Å². The summed E-state index contributed by atoms with van der Waals surface area (Å²) in [5, 5.41) is 8.63. The van der Waals surface area contributed by atoms with Crippen molar-refractivity contribution in [2.45, 2.75) is 0 Å². The van der Waals surface area contributed by atoms with Crippen molar-refractivity contribution in [3.05, 3.63) is 30.3 Å². The first-order valence-electron chi connectivity index (χ1n) is 2.13. The molecule has 0 heterocycles. The van der Waals surface area contributed by atoms with Crippen LogP contribution < -0.4 is 0 Å². The van der Waals surface area contributed by atoms with E-state index in [1.54, 1.807) is 24.3 Å². The topological polar surface area (TPSA) is 20.2 Å². The van der Waals surface area contributed by atoms with E-state index in [9.17, 15) is 0 Å². The van der Waals surface area contributed by atoms with E-state index < -0.39 is 0 Å². The number of rotatable bonds is 0. The Morgan fingerprint density at radius 2 is 1.30 bits per heavy atom. The predicted molar refractivity (Wildman–Crippen MR) is 42.6 cm³/mol. The number of hydrogen-bond donors (Lipinski definition) is 1. The van der Waals surface area contributed by atoms with E-state index in [1.807, 2.05) is 6.07 Å². The Morgan fingerprint density at radius 3 is 1.50 bits per heavy atom. The third-order valence-corrected chi connectivity index (χ3v) is 0.756. The molecule has 0 saturated heterocycles. The average molecular weight is 258 g/mol. The molecule has 0 aliphatic heterocycles. The van der Waals surface area contributed by atoms with Gasteiger partial charge in [-0.25, -0.2) is 0 Å². The van der Waals surface area contributed by atoms with Crippen molar-refractivity contribution in [1.82, 2.24) is 0 Å². The predicted octanol–water partition coefficient (Wildman–Crippen LogP) is 2.23. The molecule has 1 aromatic carbocycles. The summed E-state index contributed by atoms with van der Waals surface area (Å²) in [6.07, 6.45) is 0. The van der Waals surface area contributed by atoms with Gasteiger partial charge in [0, 0.05) is 26.2 Å². The number of phenols is 1. The maximum atomic E-state index is 8.63. The van der Waals surface area contributed by atoms with Crippen LogP contribution in [0, 0.1) is 0 Å². The molecule has 10 heavy (non-hydrogen) atoms. The monoisotopic (exact) mass is 256 g/mol. The van der Waals surface area contributed by atoms with Crippen LogP contribution in [0.1, 0.15) is 0 Å². The number of benzene rings is 1. The Kier molecular flexibility index (Phi) is 16.0. The molecule has 0 unspecified atom stereocenters. The second-order valence-corrected chi connectivity index (χ2v) is 1.34. The summed E-state index contributed by atoms with van der Waals surface area (Å²) < 4.78 is 0. The molecule has 0 aliphatic rings. The van der Waals surface area contributed by atoms with Gasteiger partial charge in [0.25, 0.3) is 0 Å². The van der Waals surface area contributed by atoms with Gasteiger partial charge in [-0.15, -0.1) is 24.8 Å². The minimum atomic E-state index is 0. The third kappa shape index (κ3) is 6.60. The van der Waals surface area contributed by atoms with Crippen molar-refractivity contribution in [2.75, 3.05) is 0 Å². The van der Waals surface area contributed by atoms with Crippen LogP contribution in [0.4, 0.5) is 0 Å². The van der Waals surface area contributed by atoms with Crippen LogP contribution in [0.2, 0.25) is 0 Å². The Balaban J connectivity index is -0.000000163. The van der Waals surface area contributed by atoms with Crippen molar-refractivity contribution in [1.29, 1.82) is 0 Å². The maximum Gasteiger partial charge on any atom is 0.115 e. The van der Waals surface area contributed by atoms with Crippen molar-refractivity contribution in [3.8, 4) is 5.75 Å². The fourth-order valence-corrected chi connectivity index (χ4v) is 0.428. The summed E-state index contributed by atoms with van der Waals surface area (Å²) >= 11 is 0. The smallest absolute Gasteiger partial charge is 0.115 e. The molecule has 0 spiro atoms. The van der Waals surface area contributed by atoms with Crippen LogP contribution >= 0.6 is 24.8 Å². The maximum absolute atomic E-state index is 8.63. The fourth-order valence-electron chi connectivity index (χ4n) is 0.428. The van der Waals surface area contributed by atoms with Gasteiger partial charge in [-0.3, -0.25) is 0 Å². The number of halogens is 2. The molecule has 4 heteroatoms. The fraction of sp³-hybridized carbons (Fsp3) is 0. The molecule has 1 aromatic rings. The van der Waals surface area contributed by atoms with E-state index >= 15 is 0 Å². The van der Waals surface area contributed by atoms with Gasteiger partial charge in [-0.1, -0.05) is 18.2 Å². The molecule has 0 amide bonds. The minimum absolute atomic E-state index is 0. The molecule has 56 valence electrons. The molecule has 0 radical (unpaired) electrons. The first kappa shape index (κ1) is 16.8. The first-order valence-corrected chi connectivity index (χ1v) is 2.13. The van der Waals surface area contributed by atoms with Crippen LogP contribution in [0.3, 0.4) is 0 Å². The number of para-hydroxylation sites is 1. The zero-order valence-electron chi connectivity index (χ0n) is 5.15. The van der Waals surface area contributed by atoms with Crippen molar-refractivity contribution in [2.24, 2.45) is 0 Å². The van der Waals surface area contributed by atoms with Gasteiger partial charge in [0.2, 0.25) is 0 Å². The molecule has 1 rings (SSSR count). The Morgan fingerprint density at radius 1 is 0.900 bits per heavy atom.